The minimum absolute atomic E-state index is 0.326. The average molecular weight is 257 g/mol. The first kappa shape index (κ1) is 11.4. The van der Waals surface area contributed by atoms with E-state index in [-0.39, 0.29) is 5.79 Å². The van der Waals surface area contributed by atoms with Crippen molar-refractivity contribution in [2.24, 2.45) is 11.8 Å². The summed E-state index contributed by atoms with van der Waals surface area (Å²) in [6.07, 6.45) is 5.88. The number of hydrogen-bond acceptors (Lipinski definition) is 3. The van der Waals surface area contributed by atoms with Crippen molar-refractivity contribution in [3.63, 3.8) is 0 Å². The molecule has 2 aliphatic heterocycles. The lowest BCUT2D eigenvalue weighted by Gasteiger charge is -2.43. The highest BCUT2D eigenvalue weighted by Gasteiger charge is 2.58. The van der Waals surface area contributed by atoms with Crippen LogP contribution in [0.3, 0.4) is 0 Å². The quantitative estimate of drug-likeness (QED) is 0.813. The summed E-state index contributed by atoms with van der Waals surface area (Å²) >= 11 is 0. The van der Waals surface area contributed by atoms with Crippen molar-refractivity contribution in [3.05, 3.63) is 48.4 Å². The number of piperidine rings is 1. The van der Waals surface area contributed by atoms with Crippen molar-refractivity contribution < 1.29 is 9.47 Å². The molecule has 0 aromatic heterocycles. The molecule has 4 rings (SSSR count). The molecule has 100 valence electrons. The van der Waals surface area contributed by atoms with Crippen LogP contribution in [0.25, 0.3) is 0 Å². The third kappa shape index (κ3) is 1.76. The first-order chi connectivity index (χ1) is 9.37. The Balaban J connectivity index is 1.49. The molecule has 1 aliphatic carbocycles. The van der Waals surface area contributed by atoms with Crippen LogP contribution < -0.4 is 0 Å². The van der Waals surface area contributed by atoms with Crippen LogP contribution in [-0.2, 0) is 16.0 Å². The molecular weight excluding hydrogens is 238 g/mol. The number of nitrogens with zero attached hydrogens (tertiary/aromatic N) is 1. The minimum Gasteiger partial charge on any atom is -0.456 e. The summed E-state index contributed by atoms with van der Waals surface area (Å²) in [6.45, 7) is 3.19. The predicted molar refractivity (Wildman–Crippen MR) is 72.0 cm³/mol. The molecule has 1 saturated carbocycles. The van der Waals surface area contributed by atoms with Crippen molar-refractivity contribution >= 4 is 0 Å². The first-order valence-corrected chi connectivity index (χ1v) is 7.14. The molecule has 1 spiro atoms. The average Bonchev–Trinajstić information content (AvgIpc) is 2.97. The third-order valence-corrected chi connectivity index (χ3v) is 4.77. The number of hydrogen-bond donors (Lipinski definition) is 0. The van der Waals surface area contributed by atoms with E-state index in [1.54, 1.807) is 12.5 Å². The summed E-state index contributed by atoms with van der Waals surface area (Å²) in [5, 5.41) is 0. The molecule has 19 heavy (non-hydrogen) atoms. The van der Waals surface area contributed by atoms with Gasteiger partial charge in [-0.3, -0.25) is 4.90 Å². The largest absolute Gasteiger partial charge is 0.456 e. The highest BCUT2D eigenvalue weighted by atomic mass is 16.7. The number of rotatable bonds is 2. The van der Waals surface area contributed by atoms with E-state index in [4.69, 9.17) is 9.47 Å². The van der Waals surface area contributed by atoms with Crippen molar-refractivity contribution in [1.82, 2.24) is 4.90 Å². The standard InChI is InChI=1S/C16H19NO2/c1-2-4-13(5-3-1)10-17-11-14-6-7-15(12-17)16(14)18-8-9-19-16/h1-5,8-9,14-15H,6-7,10-12H2/t14-,15+. The molecule has 2 fully saturated rings. The molecule has 0 amide bonds. The zero-order valence-electron chi connectivity index (χ0n) is 11.0. The first-order valence-electron chi connectivity index (χ1n) is 7.14. The molecule has 3 heteroatoms. The van der Waals surface area contributed by atoms with E-state index in [9.17, 15) is 0 Å². The minimum atomic E-state index is -0.326. The maximum Gasteiger partial charge on any atom is 0.257 e. The van der Waals surface area contributed by atoms with Gasteiger partial charge in [-0.1, -0.05) is 30.3 Å². The van der Waals surface area contributed by atoms with E-state index in [1.165, 1.54) is 18.4 Å². The van der Waals surface area contributed by atoms with Gasteiger partial charge in [-0.05, 0) is 18.4 Å². The van der Waals surface area contributed by atoms with Crippen molar-refractivity contribution in [1.29, 1.82) is 0 Å². The molecule has 1 saturated heterocycles. The summed E-state index contributed by atoms with van der Waals surface area (Å²) in [4.78, 5) is 2.55. The Hall–Kier alpha value is -1.48. The van der Waals surface area contributed by atoms with E-state index in [1.807, 2.05) is 0 Å². The molecule has 2 bridgehead atoms. The summed E-state index contributed by atoms with van der Waals surface area (Å²) in [5.74, 6) is 0.683. The van der Waals surface area contributed by atoms with Crippen LogP contribution >= 0.6 is 0 Å². The van der Waals surface area contributed by atoms with Crippen LogP contribution in [0.4, 0.5) is 0 Å². The molecule has 3 nitrogen and oxygen atoms in total. The maximum atomic E-state index is 5.84. The predicted octanol–water partition coefficient (Wildman–Crippen LogP) is 2.74. The smallest absolute Gasteiger partial charge is 0.257 e. The molecule has 3 aliphatic rings. The highest BCUT2D eigenvalue weighted by Crippen LogP contribution is 2.50. The summed E-state index contributed by atoms with van der Waals surface area (Å²) in [7, 11) is 0. The van der Waals surface area contributed by atoms with E-state index in [2.05, 4.69) is 35.2 Å². The van der Waals surface area contributed by atoms with Gasteiger partial charge in [-0.2, -0.15) is 0 Å². The van der Waals surface area contributed by atoms with E-state index in [0.29, 0.717) is 11.8 Å². The SMILES string of the molecule is C1=COC2(O1)[C@@H]1CC[C@H]2CN(Cc2ccccc2)C1. The van der Waals surface area contributed by atoms with Gasteiger partial charge in [0.1, 0.15) is 12.5 Å². The van der Waals surface area contributed by atoms with Crippen LogP contribution in [0, 0.1) is 11.8 Å². The van der Waals surface area contributed by atoms with Crippen LogP contribution in [0.1, 0.15) is 18.4 Å². The number of benzene rings is 1. The highest BCUT2D eigenvalue weighted by molar-refractivity contribution is 5.15. The van der Waals surface area contributed by atoms with Crippen LogP contribution in [0.2, 0.25) is 0 Å². The third-order valence-electron chi connectivity index (χ3n) is 4.77. The fourth-order valence-electron chi connectivity index (χ4n) is 3.92. The second-order valence-electron chi connectivity index (χ2n) is 5.88. The summed E-state index contributed by atoms with van der Waals surface area (Å²) in [6, 6.07) is 10.7. The van der Waals surface area contributed by atoms with Gasteiger partial charge in [-0.25, -0.2) is 0 Å². The lowest BCUT2D eigenvalue weighted by Crippen LogP contribution is -2.54. The van der Waals surface area contributed by atoms with Gasteiger partial charge < -0.3 is 9.47 Å². The normalized spacial score (nSPS) is 31.4. The van der Waals surface area contributed by atoms with Gasteiger partial charge in [0, 0.05) is 31.5 Å². The maximum absolute atomic E-state index is 5.84. The van der Waals surface area contributed by atoms with Gasteiger partial charge in [0.25, 0.3) is 5.79 Å². The Bertz CT molecular complexity index is 461. The molecule has 0 unspecified atom stereocenters. The van der Waals surface area contributed by atoms with Gasteiger partial charge in [-0.15, -0.1) is 0 Å². The fourth-order valence-corrected chi connectivity index (χ4v) is 3.92. The zero-order chi connectivity index (χ0) is 12.7. The second-order valence-corrected chi connectivity index (χ2v) is 5.88. The molecule has 2 heterocycles. The molecule has 1 aromatic carbocycles. The molecular formula is C16H19NO2. The van der Waals surface area contributed by atoms with Gasteiger partial charge >= 0.3 is 0 Å². The van der Waals surface area contributed by atoms with Crippen molar-refractivity contribution in [2.45, 2.75) is 25.2 Å². The topological polar surface area (TPSA) is 21.7 Å². The van der Waals surface area contributed by atoms with Gasteiger partial charge in [0.05, 0.1) is 0 Å². The van der Waals surface area contributed by atoms with E-state index >= 15 is 0 Å². The lowest BCUT2D eigenvalue weighted by molar-refractivity contribution is -0.219. The molecule has 0 radical (unpaired) electrons. The fraction of sp³-hybridized carbons (Fsp3) is 0.500. The van der Waals surface area contributed by atoms with Crippen molar-refractivity contribution in [2.75, 3.05) is 13.1 Å². The summed E-state index contributed by atoms with van der Waals surface area (Å²) in [5.41, 5.74) is 1.39. The molecule has 1 aromatic rings. The second kappa shape index (κ2) is 4.27. The summed E-state index contributed by atoms with van der Waals surface area (Å²) < 4.78 is 11.7. The Morgan fingerprint density at radius 3 is 2.26 bits per heavy atom. The Morgan fingerprint density at radius 1 is 1.00 bits per heavy atom. The monoisotopic (exact) mass is 257 g/mol. The number of ether oxygens (including phenoxy) is 2. The molecule has 0 N–H and O–H groups in total. The molecule has 2 atom stereocenters. The Labute approximate surface area is 113 Å². The zero-order valence-corrected chi connectivity index (χ0v) is 11.0. The Morgan fingerprint density at radius 2 is 1.63 bits per heavy atom. The van der Waals surface area contributed by atoms with Crippen LogP contribution in [0.15, 0.2) is 42.9 Å². The number of likely N-dealkylation sites (tertiary alicyclic amines) is 1. The van der Waals surface area contributed by atoms with Gasteiger partial charge in [0.2, 0.25) is 0 Å². The van der Waals surface area contributed by atoms with E-state index in [0.717, 1.165) is 19.6 Å². The Kier molecular flexibility index (Phi) is 2.55. The van der Waals surface area contributed by atoms with Crippen molar-refractivity contribution in [3.8, 4) is 0 Å². The van der Waals surface area contributed by atoms with Crippen LogP contribution in [0.5, 0.6) is 0 Å². The van der Waals surface area contributed by atoms with Crippen LogP contribution in [-0.4, -0.2) is 23.8 Å². The lowest BCUT2D eigenvalue weighted by atomic mass is 9.90. The van der Waals surface area contributed by atoms with E-state index < -0.39 is 0 Å². The van der Waals surface area contributed by atoms with Gasteiger partial charge in [0.15, 0.2) is 0 Å².